The van der Waals surface area contributed by atoms with Gasteiger partial charge < -0.3 is 9.84 Å². The minimum atomic E-state index is -1.00. The molecule has 2 aromatic rings. The molecule has 0 spiro atoms. The highest BCUT2D eigenvalue weighted by atomic mass is 16.5. The summed E-state index contributed by atoms with van der Waals surface area (Å²) in [6, 6.07) is 8.83. The van der Waals surface area contributed by atoms with Crippen LogP contribution in [-0.2, 0) is 0 Å². The van der Waals surface area contributed by atoms with Crippen LogP contribution >= 0.6 is 0 Å². The Morgan fingerprint density at radius 3 is 2.53 bits per heavy atom. The number of carboxylic acids is 1. The second kappa shape index (κ2) is 5.48. The van der Waals surface area contributed by atoms with Crippen LogP contribution < -0.4 is 4.74 Å². The maximum atomic E-state index is 11.1. The van der Waals surface area contributed by atoms with Gasteiger partial charge in [-0.05, 0) is 44.2 Å². The third kappa shape index (κ3) is 2.88. The largest absolute Gasteiger partial charge is 0.494 e. The molecule has 2 rings (SSSR count). The molecular formula is C14H14N2O3. The smallest absolute Gasteiger partial charge is 0.337 e. The highest BCUT2D eigenvalue weighted by Gasteiger charge is 2.11. The monoisotopic (exact) mass is 258 g/mol. The predicted octanol–water partition coefficient (Wildman–Crippen LogP) is 2.55. The molecule has 0 aliphatic carbocycles. The zero-order valence-electron chi connectivity index (χ0n) is 10.8. The first-order valence-corrected chi connectivity index (χ1v) is 5.92. The van der Waals surface area contributed by atoms with E-state index >= 15 is 0 Å². The van der Waals surface area contributed by atoms with Crippen LogP contribution in [0.1, 0.15) is 23.0 Å². The van der Waals surface area contributed by atoms with Crippen molar-refractivity contribution in [1.82, 2.24) is 10.2 Å². The SMILES string of the molecule is CCOc1ccc(-c2cc(C(=O)O)c(C)nn2)cc1. The van der Waals surface area contributed by atoms with Gasteiger partial charge in [0.2, 0.25) is 0 Å². The average Bonchev–Trinajstić information content (AvgIpc) is 2.40. The molecule has 5 nitrogen and oxygen atoms in total. The molecule has 0 saturated carbocycles. The van der Waals surface area contributed by atoms with Gasteiger partial charge in [0.25, 0.3) is 0 Å². The molecule has 1 aromatic carbocycles. The summed E-state index contributed by atoms with van der Waals surface area (Å²) < 4.78 is 5.35. The van der Waals surface area contributed by atoms with Crippen LogP contribution in [0.4, 0.5) is 0 Å². The lowest BCUT2D eigenvalue weighted by Gasteiger charge is -2.06. The number of carboxylic acid groups (broad SMARTS) is 1. The molecule has 0 aliphatic heterocycles. The molecular weight excluding hydrogens is 244 g/mol. The van der Waals surface area contributed by atoms with E-state index in [1.165, 1.54) is 6.07 Å². The molecule has 19 heavy (non-hydrogen) atoms. The summed E-state index contributed by atoms with van der Waals surface area (Å²) in [7, 11) is 0. The number of benzene rings is 1. The van der Waals surface area contributed by atoms with Crippen molar-refractivity contribution in [2.75, 3.05) is 6.61 Å². The molecule has 98 valence electrons. The second-order valence-electron chi connectivity index (χ2n) is 3.99. The highest BCUT2D eigenvalue weighted by molar-refractivity contribution is 5.89. The van der Waals surface area contributed by atoms with E-state index in [0.717, 1.165) is 11.3 Å². The van der Waals surface area contributed by atoms with Crippen LogP contribution in [0.5, 0.6) is 5.75 Å². The van der Waals surface area contributed by atoms with Gasteiger partial charge in [-0.15, -0.1) is 0 Å². The number of ether oxygens (including phenoxy) is 1. The first kappa shape index (κ1) is 13.0. The lowest BCUT2D eigenvalue weighted by molar-refractivity contribution is 0.0695. The molecule has 5 heteroatoms. The number of aromatic carboxylic acids is 1. The molecule has 0 saturated heterocycles. The van der Waals surface area contributed by atoms with E-state index in [1.807, 2.05) is 31.2 Å². The van der Waals surface area contributed by atoms with Crippen LogP contribution in [0.2, 0.25) is 0 Å². The van der Waals surface area contributed by atoms with Crippen molar-refractivity contribution < 1.29 is 14.6 Å². The lowest BCUT2D eigenvalue weighted by atomic mass is 10.1. The number of hydrogen-bond acceptors (Lipinski definition) is 4. The van der Waals surface area contributed by atoms with E-state index in [4.69, 9.17) is 9.84 Å². The molecule has 0 radical (unpaired) electrons. The average molecular weight is 258 g/mol. The Hall–Kier alpha value is -2.43. The van der Waals surface area contributed by atoms with Crippen molar-refractivity contribution in [3.05, 3.63) is 41.6 Å². The van der Waals surface area contributed by atoms with Crippen LogP contribution in [0.15, 0.2) is 30.3 Å². The standard InChI is InChI=1S/C14H14N2O3/c1-3-19-11-6-4-10(5-7-11)13-8-12(14(17)18)9(2)15-16-13/h4-8H,3H2,1-2H3,(H,17,18). The van der Waals surface area contributed by atoms with Gasteiger partial charge in [-0.25, -0.2) is 4.79 Å². The maximum Gasteiger partial charge on any atom is 0.337 e. The summed E-state index contributed by atoms with van der Waals surface area (Å²) in [5.41, 5.74) is 1.91. The third-order valence-electron chi connectivity index (χ3n) is 2.67. The Morgan fingerprint density at radius 1 is 1.26 bits per heavy atom. The van der Waals surface area contributed by atoms with E-state index < -0.39 is 5.97 Å². The van der Waals surface area contributed by atoms with Crippen molar-refractivity contribution in [3.63, 3.8) is 0 Å². The Labute approximate surface area is 110 Å². The summed E-state index contributed by atoms with van der Waals surface area (Å²) in [5, 5.41) is 16.9. The minimum Gasteiger partial charge on any atom is -0.494 e. The van der Waals surface area contributed by atoms with Crippen molar-refractivity contribution in [2.24, 2.45) is 0 Å². The summed E-state index contributed by atoms with van der Waals surface area (Å²) in [5.74, 6) is -0.232. The number of aromatic nitrogens is 2. The van der Waals surface area contributed by atoms with Crippen LogP contribution in [0.25, 0.3) is 11.3 Å². The molecule has 0 amide bonds. The Morgan fingerprint density at radius 2 is 1.95 bits per heavy atom. The molecule has 1 heterocycles. The van der Waals surface area contributed by atoms with Gasteiger partial charge in [0.1, 0.15) is 5.75 Å². The Balaban J connectivity index is 2.36. The summed E-state index contributed by atoms with van der Waals surface area (Å²) in [6.45, 7) is 4.14. The first-order chi connectivity index (χ1) is 9.11. The fourth-order valence-corrected chi connectivity index (χ4v) is 1.70. The number of aryl methyl sites for hydroxylation is 1. The second-order valence-corrected chi connectivity index (χ2v) is 3.99. The molecule has 0 unspecified atom stereocenters. The molecule has 1 N–H and O–H groups in total. The van der Waals surface area contributed by atoms with Crippen LogP contribution in [0, 0.1) is 6.92 Å². The topological polar surface area (TPSA) is 72.3 Å². The minimum absolute atomic E-state index is 0.166. The first-order valence-electron chi connectivity index (χ1n) is 5.92. The van der Waals surface area contributed by atoms with Gasteiger partial charge in [-0.3, -0.25) is 0 Å². The van der Waals surface area contributed by atoms with E-state index in [2.05, 4.69) is 10.2 Å². The van der Waals surface area contributed by atoms with Crippen molar-refractivity contribution >= 4 is 5.97 Å². The van der Waals surface area contributed by atoms with Gasteiger partial charge in [-0.2, -0.15) is 10.2 Å². The number of nitrogens with zero attached hydrogens (tertiary/aromatic N) is 2. The Bertz CT molecular complexity index is 594. The van der Waals surface area contributed by atoms with E-state index in [1.54, 1.807) is 6.92 Å². The fraction of sp³-hybridized carbons (Fsp3) is 0.214. The van der Waals surface area contributed by atoms with Crippen molar-refractivity contribution in [3.8, 4) is 17.0 Å². The molecule has 0 fully saturated rings. The third-order valence-corrected chi connectivity index (χ3v) is 2.67. The lowest BCUT2D eigenvalue weighted by Crippen LogP contribution is -2.04. The number of carbonyl (C=O) groups is 1. The van der Waals surface area contributed by atoms with Gasteiger partial charge >= 0.3 is 5.97 Å². The molecule has 0 aliphatic rings. The maximum absolute atomic E-state index is 11.1. The van der Waals surface area contributed by atoms with Crippen LogP contribution in [0.3, 0.4) is 0 Å². The number of hydrogen-bond donors (Lipinski definition) is 1. The zero-order chi connectivity index (χ0) is 13.8. The van der Waals surface area contributed by atoms with Crippen molar-refractivity contribution in [1.29, 1.82) is 0 Å². The summed E-state index contributed by atoms with van der Waals surface area (Å²) in [4.78, 5) is 11.1. The van der Waals surface area contributed by atoms with Gasteiger partial charge in [0.05, 0.1) is 23.6 Å². The molecule has 1 aromatic heterocycles. The summed E-state index contributed by atoms with van der Waals surface area (Å²) >= 11 is 0. The van der Waals surface area contributed by atoms with Gasteiger partial charge in [-0.1, -0.05) is 0 Å². The van der Waals surface area contributed by atoms with Gasteiger partial charge in [0.15, 0.2) is 0 Å². The highest BCUT2D eigenvalue weighted by Crippen LogP contribution is 2.21. The Kier molecular flexibility index (Phi) is 3.75. The predicted molar refractivity (Wildman–Crippen MR) is 70.3 cm³/mol. The van der Waals surface area contributed by atoms with E-state index in [-0.39, 0.29) is 5.56 Å². The molecule has 0 atom stereocenters. The molecule has 0 bridgehead atoms. The van der Waals surface area contributed by atoms with Gasteiger partial charge in [0, 0.05) is 5.56 Å². The normalized spacial score (nSPS) is 10.2. The van der Waals surface area contributed by atoms with E-state index in [9.17, 15) is 4.79 Å². The zero-order valence-corrected chi connectivity index (χ0v) is 10.8. The van der Waals surface area contributed by atoms with Crippen LogP contribution in [-0.4, -0.2) is 27.9 Å². The quantitative estimate of drug-likeness (QED) is 0.912. The van der Waals surface area contributed by atoms with Crippen molar-refractivity contribution in [2.45, 2.75) is 13.8 Å². The van der Waals surface area contributed by atoms with E-state index in [0.29, 0.717) is 18.0 Å². The summed E-state index contributed by atoms with van der Waals surface area (Å²) in [6.07, 6.45) is 0. The fourth-order valence-electron chi connectivity index (χ4n) is 1.70. The number of rotatable bonds is 4.